The quantitative estimate of drug-likeness (QED) is 0.769. The normalized spacial score (nSPS) is 16.7. The summed E-state index contributed by atoms with van der Waals surface area (Å²) >= 11 is 0. The predicted octanol–water partition coefficient (Wildman–Crippen LogP) is 3.65. The Kier molecular flexibility index (Phi) is 6.56. The molecule has 1 fully saturated rings. The second kappa shape index (κ2) is 9.11. The minimum Gasteiger partial charge on any atom is -0.336 e. The van der Waals surface area contributed by atoms with E-state index >= 15 is 0 Å². The van der Waals surface area contributed by atoms with Gasteiger partial charge in [-0.05, 0) is 36.6 Å². The summed E-state index contributed by atoms with van der Waals surface area (Å²) in [5.74, 6) is -2.26. The molecule has 0 bridgehead atoms. The Hall–Kier alpha value is -2.83. The third kappa shape index (κ3) is 4.96. The average molecular weight is 401 g/mol. The van der Waals surface area contributed by atoms with Crippen LogP contribution >= 0.6 is 0 Å². The van der Waals surface area contributed by atoms with Crippen molar-refractivity contribution in [3.05, 3.63) is 65.5 Å². The lowest BCUT2D eigenvalue weighted by Crippen LogP contribution is -2.52. The molecular formula is C22H25F2N3O2. The molecule has 1 unspecified atom stereocenters. The van der Waals surface area contributed by atoms with Crippen molar-refractivity contribution in [2.75, 3.05) is 13.1 Å². The van der Waals surface area contributed by atoms with Gasteiger partial charge in [0.15, 0.2) is 0 Å². The first-order chi connectivity index (χ1) is 13.9. The van der Waals surface area contributed by atoms with Crippen LogP contribution in [0.1, 0.15) is 42.6 Å². The van der Waals surface area contributed by atoms with Crippen LogP contribution in [0.25, 0.3) is 0 Å². The first-order valence-corrected chi connectivity index (χ1v) is 9.80. The lowest BCUT2D eigenvalue weighted by atomic mass is 10.00. The van der Waals surface area contributed by atoms with Gasteiger partial charge >= 0.3 is 0 Å². The molecule has 0 saturated carbocycles. The molecule has 2 aromatic rings. The lowest BCUT2D eigenvalue weighted by Gasteiger charge is -2.40. The number of aromatic nitrogens is 1. The standard InChI is InChI=1S/C22H25F2N3O2/c1-15(2)21(28)27(13-16-5-3-9-25-12-16)18-6-4-10-26(14-18)22(29)19-8-7-17(23)11-20(19)24/h3,5,7-9,11-12,15,18H,4,6,10,13-14H2,1-2H3. The van der Waals surface area contributed by atoms with Crippen LogP contribution in [-0.4, -0.2) is 45.7 Å². The first kappa shape index (κ1) is 20.9. The van der Waals surface area contributed by atoms with Gasteiger partial charge < -0.3 is 9.80 Å². The largest absolute Gasteiger partial charge is 0.336 e. The van der Waals surface area contributed by atoms with Gasteiger partial charge in [0.2, 0.25) is 5.91 Å². The SMILES string of the molecule is CC(C)C(=O)N(Cc1cccnc1)C1CCCN(C(=O)c2ccc(F)cc2F)C1. The molecular weight excluding hydrogens is 376 g/mol. The number of piperidine rings is 1. The molecule has 2 amide bonds. The number of rotatable bonds is 5. The molecule has 2 heterocycles. The van der Waals surface area contributed by atoms with E-state index in [4.69, 9.17) is 0 Å². The minimum absolute atomic E-state index is 0.00103. The highest BCUT2D eigenvalue weighted by Crippen LogP contribution is 2.23. The van der Waals surface area contributed by atoms with Gasteiger partial charge in [0, 0.05) is 50.1 Å². The Labute approximate surface area is 169 Å². The van der Waals surface area contributed by atoms with Crippen LogP contribution in [0.5, 0.6) is 0 Å². The number of benzene rings is 1. The maximum Gasteiger partial charge on any atom is 0.256 e. The number of pyridine rings is 1. The highest BCUT2D eigenvalue weighted by Gasteiger charge is 2.32. The number of halogens is 2. The number of amides is 2. The second-order valence-corrected chi connectivity index (χ2v) is 7.65. The minimum atomic E-state index is -0.873. The summed E-state index contributed by atoms with van der Waals surface area (Å²) in [5, 5.41) is 0. The van der Waals surface area contributed by atoms with Crippen LogP contribution in [0.15, 0.2) is 42.7 Å². The van der Waals surface area contributed by atoms with E-state index in [0.717, 1.165) is 18.1 Å². The molecule has 1 aliphatic heterocycles. The van der Waals surface area contributed by atoms with Crippen LogP contribution in [0, 0.1) is 17.6 Å². The topological polar surface area (TPSA) is 53.5 Å². The van der Waals surface area contributed by atoms with Crippen molar-refractivity contribution in [1.29, 1.82) is 0 Å². The van der Waals surface area contributed by atoms with Crippen molar-refractivity contribution < 1.29 is 18.4 Å². The van der Waals surface area contributed by atoms with Gasteiger partial charge in [-0.25, -0.2) is 8.78 Å². The van der Waals surface area contributed by atoms with Crippen LogP contribution in [0.2, 0.25) is 0 Å². The fourth-order valence-electron chi connectivity index (χ4n) is 3.63. The second-order valence-electron chi connectivity index (χ2n) is 7.65. The van der Waals surface area contributed by atoms with E-state index in [0.29, 0.717) is 32.1 Å². The molecule has 1 aromatic carbocycles. The summed E-state index contributed by atoms with van der Waals surface area (Å²) in [6.07, 6.45) is 4.86. The molecule has 5 nitrogen and oxygen atoms in total. The molecule has 0 radical (unpaired) electrons. The first-order valence-electron chi connectivity index (χ1n) is 9.80. The third-order valence-corrected chi connectivity index (χ3v) is 5.14. The third-order valence-electron chi connectivity index (χ3n) is 5.14. The van der Waals surface area contributed by atoms with Crippen LogP contribution < -0.4 is 0 Å². The monoisotopic (exact) mass is 401 g/mol. The number of carbonyl (C=O) groups is 2. The van der Waals surface area contributed by atoms with Crippen LogP contribution in [0.3, 0.4) is 0 Å². The fourth-order valence-corrected chi connectivity index (χ4v) is 3.63. The molecule has 3 rings (SSSR count). The van der Waals surface area contributed by atoms with E-state index < -0.39 is 17.5 Å². The van der Waals surface area contributed by atoms with Gasteiger partial charge in [0.1, 0.15) is 11.6 Å². The predicted molar refractivity (Wildman–Crippen MR) is 105 cm³/mol. The zero-order valence-electron chi connectivity index (χ0n) is 16.6. The van der Waals surface area contributed by atoms with E-state index in [1.807, 2.05) is 26.0 Å². The highest BCUT2D eigenvalue weighted by molar-refractivity contribution is 5.94. The fraction of sp³-hybridized carbons (Fsp3) is 0.409. The van der Waals surface area contributed by atoms with Gasteiger partial charge in [-0.1, -0.05) is 19.9 Å². The zero-order chi connectivity index (χ0) is 21.0. The maximum atomic E-state index is 14.1. The Bertz CT molecular complexity index is 874. The van der Waals surface area contributed by atoms with Crippen LogP contribution in [-0.2, 0) is 11.3 Å². The van der Waals surface area contributed by atoms with Crippen molar-refractivity contribution in [2.45, 2.75) is 39.3 Å². The maximum absolute atomic E-state index is 14.1. The Morgan fingerprint density at radius 2 is 2.07 bits per heavy atom. The number of hydrogen-bond acceptors (Lipinski definition) is 3. The summed E-state index contributed by atoms with van der Waals surface area (Å²) in [4.78, 5) is 33.2. The van der Waals surface area contributed by atoms with E-state index in [-0.39, 0.29) is 23.4 Å². The van der Waals surface area contributed by atoms with Gasteiger partial charge in [-0.15, -0.1) is 0 Å². The summed E-state index contributed by atoms with van der Waals surface area (Å²) in [5.41, 5.74) is 0.760. The van der Waals surface area contributed by atoms with Crippen molar-refractivity contribution in [3.63, 3.8) is 0 Å². The summed E-state index contributed by atoms with van der Waals surface area (Å²) in [6.45, 7) is 4.88. The van der Waals surface area contributed by atoms with E-state index in [9.17, 15) is 18.4 Å². The number of carbonyl (C=O) groups excluding carboxylic acids is 2. The molecule has 1 atom stereocenters. The van der Waals surface area contributed by atoms with Gasteiger partial charge in [-0.2, -0.15) is 0 Å². The Morgan fingerprint density at radius 1 is 1.28 bits per heavy atom. The van der Waals surface area contributed by atoms with Crippen LogP contribution in [0.4, 0.5) is 8.78 Å². The van der Waals surface area contributed by atoms with E-state index in [1.54, 1.807) is 22.2 Å². The summed E-state index contributed by atoms with van der Waals surface area (Å²) < 4.78 is 27.3. The van der Waals surface area contributed by atoms with E-state index in [1.165, 1.54) is 6.07 Å². The van der Waals surface area contributed by atoms with E-state index in [2.05, 4.69) is 4.98 Å². The summed E-state index contributed by atoms with van der Waals surface area (Å²) in [7, 11) is 0. The zero-order valence-corrected chi connectivity index (χ0v) is 16.6. The molecule has 1 saturated heterocycles. The lowest BCUT2D eigenvalue weighted by molar-refractivity contribution is -0.138. The van der Waals surface area contributed by atoms with Crippen molar-refractivity contribution >= 4 is 11.8 Å². The number of likely N-dealkylation sites (tertiary alicyclic amines) is 1. The molecule has 29 heavy (non-hydrogen) atoms. The number of hydrogen-bond donors (Lipinski definition) is 0. The molecule has 0 N–H and O–H groups in total. The smallest absolute Gasteiger partial charge is 0.256 e. The van der Waals surface area contributed by atoms with Crippen molar-refractivity contribution in [2.24, 2.45) is 5.92 Å². The molecule has 7 heteroatoms. The molecule has 0 aliphatic carbocycles. The molecule has 1 aliphatic rings. The Morgan fingerprint density at radius 3 is 2.72 bits per heavy atom. The van der Waals surface area contributed by atoms with Gasteiger partial charge in [0.05, 0.1) is 5.56 Å². The molecule has 1 aromatic heterocycles. The molecule has 154 valence electrons. The van der Waals surface area contributed by atoms with Crippen molar-refractivity contribution in [3.8, 4) is 0 Å². The van der Waals surface area contributed by atoms with Gasteiger partial charge in [0.25, 0.3) is 5.91 Å². The van der Waals surface area contributed by atoms with Crippen molar-refractivity contribution in [1.82, 2.24) is 14.8 Å². The Balaban J connectivity index is 1.80. The number of nitrogens with zero attached hydrogens (tertiary/aromatic N) is 3. The van der Waals surface area contributed by atoms with Gasteiger partial charge in [-0.3, -0.25) is 14.6 Å². The molecule has 0 spiro atoms. The summed E-state index contributed by atoms with van der Waals surface area (Å²) in [6, 6.07) is 6.52. The average Bonchev–Trinajstić information content (AvgIpc) is 2.72. The highest BCUT2D eigenvalue weighted by atomic mass is 19.1.